The van der Waals surface area contributed by atoms with E-state index in [1.807, 2.05) is 47.4 Å². The van der Waals surface area contributed by atoms with Crippen LogP contribution in [-0.2, 0) is 19.5 Å². The maximum Gasteiger partial charge on any atom is 0.258 e. The summed E-state index contributed by atoms with van der Waals surface area (Å²) in [6, 6.07) is 14.3. The number of amides is 1. The molecule has 200 valence electrons. The first kappa shape index (κ1) is 25.8. The van der Waals surface area contributed by atoms with E-state index in [0.29, 0.717) is 48.7 Å². The molecule has 3 aromatic rings. The predicted octanol–water partition coefficient (Wildman–Crippen LogP) is 5.02. The Morgan fingerprint density at radius 2 is 1.58 bits per heavy atom. The van der Waals surface area contributed by atoms with Gasteiger partial charge in [-0.3, -0.25) is 4.79 Å². The van der Waals surface area contributed by atoms with E-state index in [9.17, 15) is 4.79 Å². The quantitative estimate of drug-likeness (QED) is 0.416. The minimum atomic E-state index is -0.0485. The number of ether oxygens (including phenoxy) is 3. The van der Waals surface area contributed by atoms with Crippen LogP contribution < -0.4 is 19.1 Å². The zero-order chi connectivity index (χ0) is 26.8. The first-order valence-corrected chi connectivity index (χ1v) is 13.2. The summed E-state index contributed by atoms with van der Waals surface area (Å²) >= 11 is 0. The molecule has 0 saturated carbocycles. The number of aromatic nitrogens is 2. The van der Waals surface area contributed by atoms with Gasteiger partial charge in [0, 0.05) is 30.1 Å². The van der Waals surface area contributed by atoms with Crippen LogP contribution >= 0.6 is 0 Å². The van der Waals surface area contributed by atoms with E-state index in [-0.39, 0.29) is 5.91 Å². The maximum absolute atomic E-state index is 13.8. The molecule has 1 fully saturated rings. The Balaban J connectivity index is 1.51. The van der Waals surface area contributed by atoms with Crippen LogP contribution in [0.5, 0.6) is 17.2 Å². The Morgan fingerprint density at radius 1 is 0.895 bits per heavy atom. The fourth-order valence-corrected chi connectivity index (χ4v) is 5.63. The van der Waals surface area contributed by atoms with Gasteiger partial charge in [-0.2, -0.15) is 0 Å². The Bertz CT molecular complexity index is 1300. The van der Waals surface area contributed by atoms with Crippen LogP contribution in [-0.4, -0.2) is 54.2 Å². The summed E-state index contributed by atoms with van der Waals surface area (Å²) in [4.78, 5) is 28.0. The van der Waals surface area contributed by atoms with Crippen LogP contribution in [0.4, 0.5) is 5.95 Å². The molecular formula is C30H36N4O4. The van der Waals surface area contributed by atoms with Gasteiger partial charge in [0.05, 0.1) is 51.4 Å². The van der Waals surface area contributed by atoms with Gasteiger partial charge in [0.1, 0.15) is 17.2 Å². The zero-order valence-electron chi connectivity index (χ0n) is 22.9. The lowest BCUT2D eigenvalue weighted by atomic mass is 9.98. The van der Waals surface area contributed by atoms with Crippen molar-refractivity contribution in [3.05, 3.63) is 70.5 Å². The molecule has 3 heterocycles. The van der Waals surface area contributed by atoms with Crippen molar-refractivity contribution < 1.29 is 19.0 Å². The van der Waals surface area contributed by atoms with Gasteiger partial charge in [0.25, 0.3) is 5.91 Å². The zero-order valence-corrected chi connectivity index (χ0v) is 22.9. The molecular weight excluding hydrogens is 480 g/mol. The highest BCUT2D eigenvalue weighted by Gasteiger charge is 2.36. The number of rotatable bonds is 8. The lowest BCUT2D eigenvalue weighted by Gasteiger charge is -2.39. The molecule has 1 amide bonds. The largest absolute Gasteiger partial charge is 0.497 e. The normalized spacial score (nSPS) is 18.9. The Labute approximate surface area is 224 Å². The van der Waals surface area contributed by atoms with E-state index < -0.39 is 0 Å². The van der Waals surface area contributed by atoms with Gasteiger partial charge in [-0.15, -0.1) is 0 Å². The average Bonchev–Trinajstić information content (AvgIpc) is 3.24. The fourth-order valence-electron chi connectivity index (χ4n) is 5.63. The number of carbonyl (C=O) groups excluding carboxylic acids is 1. The number of benzene rings is 2. The third-order valence-electron chi connectivity index (χ3n) is 7.70. The number of piperidine rings is 1. The van der Waals surface area contributed by atoms with Gasteiger partial charge in [0.2, 0.25) is 5.95 Å². The van der Waals surface area contributed by atoms with Gasteiger partial charge in [-0.05, 0) is 62.9 Å². The van der Waals surface area contributed by atoms with E-state index >= 15 is 0 Å². The molecule has 0 bridgehead atoms. The fraction of sp³-hybridized carbons (Fsp3) is 0.433. The van der Waals surface area contributed by atoms with Gasteiger partial charge in [-0.25, -0.2) is 9.97 Å². The monoisotopic (exact) mass is 516 g/mol. The molecule has 8 heteroatoms. The topological polar surface area (TPSA) is 77.0 Å². The molecule has 1 aromatic heterocycles. The van der Waals surface area contributed by atoms with E-state index in [4.69, 9.17) is 24.2 Å². The van der Waals surface area contributed by atoms with Gasteiger partial charge < -0.3 is 24.0 Å². The van der Waals surface area contributed by atoms with Crippen molar-refractivity contribution in [1.82, 2.24) is 14.9 Å². The number of hydrogen-bond donors (Lipinski definition) is 0. The second kappa shape index (κ2) is 10.9. The van der Waals surface area contributed by atoms with Crippen molar-refractivity contribution in [1.29, 1.82) is 0 Å². The summed E-state index contributed by atoms with van der Waals surface area (Å²) in [5, 5.41) is 0. The second-order valence-corrected chi connectivity index (χ2v) is 10.2. The first-order chi connectivity index (χ1) is 18.4. The molecule has 8 nitrogen and oxygen atoms in total. The Kier molecular flexibility index (Phi) is 7.40. The second-order valence-electron chi connectivity index (χ2n) is 10.2. The maximum atomic E-state index is 13.8. The summed E-state index contributed by atoms with van der Waals surface area (Å²) in [6.45, 7) is 5.33. The molecule has 2 atom stereocenters. The highest BCUT2D eigenvalue weighted by atomic mass is 16.5. The van der Waals surface area contributed by atoms with Gasteiger partial charge in [0.15, 0.2) is 0 Å². The van der Waals surface area contributed by atoms with Crippen molar-refractivity contribution in [2.24, 2.45) is 0 Å². The molecule has 1 saturated heterocycles. The minimum Gasteiger partial charge on any atom is -0.497 e. The van der Waals surface area contributed by atoms with Crippen LogP contribution in [0, 0.1) is 0 Å². The summed E-state index contributed by atoms with van der Waals surface area (Å²) in [5.41, 5.74) is 4.17. The molecule has 38 heavy (non-hydrogen) atoms. The third-order valence-corrected chi connectivity index (χ3v) is 7.70. The number of anilines is 1. The van der Waals surface area contributed by atoms with E-state index in [1.54, 1.807) is 21.3 Å². The van der Waals surface area contributed by atoms with Crippen molar-refractivity contribution in [3.8, 4) is 17.2 Å². The third kappa shape index (κ3) is 4.99. The molecule has 5 rings (SSSR count). The summed E-state index contributed by atoms with van der Waals surface area (Å²) in [7, 11) is 4.91. The van der Waals surface area contributed by atoms with Crippen molar-refractivity contribution in [2.45, 2.75) is 64.7 Å². The molecule has 0 N–H and O–H groups in total. The molecule has 0 unspecified atom stereocenters. The highest BCUT2D eigenvalue weighted by Crippen LogP contribution is 2.34. The molecule has 2 aliphatic heterocycles. The van der Waals surface area contributed by atoms with Crippen molar-refractivity contribution in [2.75, 3.05) is 26.2 Å². The van der Waals surface area contributed by atoms with Crippen molar-refractivity contribution >= 4 is 11.9 Å². The number of hydrogen-bond acceptors (Lipinski definition) is 7. The smallest absolute Gasteiger partial charge is 0.258 e. The summed E-state index contributed by atoms with van der Waals surface area (Å²) < 4.78 is 16.3. The Hall–Kier alpha value is -3.81. The van der Waals surface area contributed by atoms with Crippen LogP contribution in [0.15, 0.2) is 42.5 Å². The van der Waals surface area contributed by atoms with Gasteiger partial charge in [-0.1, -0.05) is 12.1 Å². The van der Waals surface area contributed by atoms with Gasteiger partial charge >= 0.3 is 0 Å². The number of carbonyl (C=O) groups is 1. The molecule has 0 aliphatic carbocycles. The molecule has 0 spiro atoms. The number of fused-ring (bicyclic) bond motifs is 1. The number of methoxy groups -OCH3 is 3. The summed E-state index contributed by atoms with van der Waals surface area (Å²) in [5.74, 6) is 2.88. The predicted molar refractivity (Wildman–Crippen MR) is 146 cm³/mol. The van der Waals surface area contributed by atoms with Crippen LogP contribution in [0.3, 0.4) is 0 Å². The van der Waals surface area contributed by atoms with E-state index in [2.05, 4.69) is 18.7 Å². The molecule has 0 radical (unpaired) electrons. The average molecular weight is 517 g/mol. The summed E-state index contributed by atoms with van der Waals surface area (Å²) in [6.07, 6.45) is 3.98. The van der Waals surface area contributed by atoms with E-state index in [0.717, 1.165) is 47.1 Å². The van der Waals surface area contributed by atoms with Crippen LogP contribution in [0.1, 0.15) is 66.0 Å². The van der Waals surface area contributed by atoms with Crippen molar-refractivity contribution in [3.63, 3.8) is 0 Å². The standard InChI is InChI=1S/C30H36N4O4/c1-19-7-6-8-20(2)34(19)30-31-25(15-21-9-12-23(36-3)13-10-21)28-26(32-30)18-33(29(28)35)17-22-11-14-24(37-4)16-27(22)38-5/h9-14,16,19-20H,6-8,15,17-18H2,1-5H3/t19-,20+. The highest BCUT2D eigenvalue weighted by molar-refractivity contribution is 5.99. The van der Waals surface area contributed by atoms with E-state index in [1.165, 1.54) is 6.42 Å². The number of nitrogens with zero attached hydrogens (tertiary/aromatic N) is 4. The Morgan fingerprint density at radius 3 is 2.24 bits per heavy atom. The lowest BCUT2D eigenvalue weighted by molar-refractivity contribution is 0.0764. The van der Waals surface area contributed by atoms with Crippen LogP contribution in [0.2, 0.25) is 0 Å². The van der Waals surface area contributed by atoms with Crippen LogP contribution in [0.25, 0.3) is 0 Å². The molecule has 2 aliphatic rings. The lowest BCUT2D eigenvalue weighted by Crippen LogP contribution is -2.45. The minimum absolute atomic E-state index is 0.0485. The molecule has 2 aromatic carbocycles. The first-order valence-electron chi connectivity index (χ1n) is 13.2. The SMILES string of the molecule is COc1ccc(Cc2nc(N3[C@H](C)CCC[C@@H]3C)nc3c2C(=O)N(Cc2ccc(OC)cc2OC)C3)cc1.